The molecule has 6 heteroatoms. The number of benzene rings is 1. The molecule has 0 saturated heterocycles. The third-order valence-electron chi connectivity index (χ3n) is 2.90. The summed E-state index contributed by atoms with van der Waals surface area (Å²) in [6.07, 6.45) is 1.24. The molecule has 1 aromatic rings. The van der Waals surface area contributed by atoms with Gasteiger partial charge in [0.25, 0.3) is 5.91 Å². The number of hydrogen-bond donors (Lipinski definition) is 2. The monoisotopic (exact) mass is 290 g/mol. The van der Waals surface area contributed by atoms with Crippen LogP contribution in [0.3, 0.4) is 0 Å². The summed E-state index contributed by atoms with van der Waals surface area (Å²) in [7, 11) is 0. The summed E-state index contributed by atoms with van der Waals surface area (Å²) < 4.78 is 5.26. The van der Waals surface area contributed by atoms with Gasteiger partial charge in [-0.25, -0.2) is 0 Å². The first-order valence-electron chi connectivity index (χ1n) is 6.69. The number of nitrogens with zero attached hydrogens (tertiary/aromatic N) is 1. The van der Waals surface area contributed by atoms with Gasteiger partial charge in [-0.05, 0) is 18.6 Å². The molecule has 0 fully saturated rings. The predicted molar refractivity (Wildman–Crippen MR) is 75.7 cm³/mol. The molecule has 6 nitrogen and oxygen atoms in total. The van der Waals surface area contributed by atoms with Crippen LogP contribution in [0, 0.1) is 17.2 Å². The SMILES string of the molecule is CCCC(CNC(=O)COc1ccccc1C#N)C(=O)O. The van der Waals surface area contributed by atoms with Crippen LogP contribution >= 0.6 is 0 Å². The van der Waals surface area contributed by atoms with Gasteiger partial charge >= 0.3 is 5.97 Å². The minimum atomic E-state index is -0.923. The molecule has 1 atom stereocenters. The predicted octanol–water partition coefficient (Wildman–Crippen LogP) is 1.55. The van der Waals surface area contributed by atoms with E-state index in [4.69, 9.17) is 15.1 Å². The highest BCUT2D eigenvalue weighted by Gasteiger charge is 2.17. The lowest BCUT2D eigenvalue weighted by molar-refractivity contribution is -0.142. The Morgan fingerprint density at radius 2 is 2.14 bits per heavy atom. The summed E-state index contributed by atoms with van der Waals surface area (Å²) in [5.74, 6) is -1.60. The zero-order valence-electron chi connectivity index (χ0n) is 11.8. The van der Waals surface area contributed by atoms with Crippen molar-refractivity contribution in [1.82, 2.24) is 5.32 Å². The number of nitrogens with one attached hydrogen (secondary N) is 1. The summed E-state index contributed by atoms with van der Waals surface area (Å²) in [4.78, 5) is 22.6. The molecule has 0 aromatic heterocycles. The Bertz CT molecular complexity index is 537. The number of nitriles is 1. The normalized spacial score (nSPS) is 11.2. The molecule has 0 aliphatic heterocycles. The highest BCUT2D eigenvalue weighted by atomic mass is 16.5. The highest BCUT2D eigenvalue weighted by molar-refractivity contribution is 5.78. The van der Waals surface area contributed by atoms with Crippen molar-refractivity contribution in [1.29, 1.82) is 5.26 Å². The molecule has 1 unspecified atom stereocenters. The molecular formula is C15H18N2O4. The Labute approximate surface area is 123 Å². The quantitative estimate of drug-likeness (QED) is 0.756. The van der Waals surface area contributed by atoms with Crippen LogP contribution in [0.2, 0.25) is 0 Å². The van der Waals surface area contributed by atoms with Gasteiger partial charge in [-0.15, -0.1) is 0 Å². The maximum absolute atomic E-state index is 11.6. The Kier molecular flexibility index (Phi) is 6.75. The Hall–Kier alpha value is -2.55. The van der Waals surface area contributed by atoms with E-state index in [0.717, 1.165) is 6.42 Å². The van der Waals surface area contributed by atoms with E-state index in [1.54, 1.807) is 24.3 Å². The number of aliphatic carboxylic acids is 1. The minimum absolute atomic E-state index is 0.0747. The summed E-state index contributed by atoms with van der Waals surface area (Å²) in [6, 6.07) is 8.57. The number of para-hydroxylation sites is 1. The fourth-order valence-corrected chi connectivity index (χ4v) is 1.78. The molecule has 0 spiro atoms. The van der Waals surface area contributed by atoms with E-state index in [0.29, 0.717) is 17.7 Å². The van der Waals surface area contributed by atoms with Crippen LogP contribution in [-0.4, -0.2) is 30.1 Å². The van der Waals surface area contributed by atoms with Crippen molar-refractivity contribution in [3.63, 3.8) is 0 Å². The van der Waals surface area contributed by atoms with Crippen LogP contribution in [0.1, 0.15) is 25.3 Å². The van der Waals surface area contributed by atoms with Crippen molar-refractivity contribution in [2.75, 3.05) is 13.2 Å². The number of carboxylic acid groups (broad SMARTS) is 1. The second-order valence-corrected chi connectivity index (χ2v) is 4.52. The van der Waals surface area contributed by atoms with Gasteiger partial charge in [0.05, 0.1) is 11.5 Å². The molecule has 0 aliphatic carbocycles. The third-order valence-corrected chi connectivity index (χ3v) is 2.90. The second kappa shape index (κ2) is 8.59. The van der Waals surface area contributed by atoms with Gasteiger partial charge in [0, 0.05) is 6.54 Å². The fourth-order valence-electron chi connectivity index (χ4n) is 1.78. The number of carboxylic acids is 1. The Morgan fingerprint density at radius 1 is 1.43 bits per heavy atom. The first-order valence-corrected chi connectivity index (χ1v) is 6.69. The summed E-state index contributed by atoms with van der Waals surface area (Å²) in [5, 5.41) is 20.4. The van der Waals surface area contributed by atoms with E-state index in [9.17, 15) is 9.59 Å². The van der Waals surface area contributed by atoms with Gasteiger partial charge in [-0.2, -0.15) is 5.26 Å². The maximum Gasteiger partial charge on any atom is 0.308 e. The van der Waals surface area contributed by atoms with Gasteiger partial charge in [0.15, 0.2) is 6.61 Å². The van der Waals surface area contributed by atoms with Crippen molar-refractivity contribution in [3.8, 4) is 11.8 Å². The Morgan fingerprint density at radius 3 is 2.76 bits per heavy atom. The summed E-state index contributed by atoms with van der Waals surface area (Å²) in [5.41, 5.74) is 0.347. The smallest absolute Gasteiger partial charge is 0.308 e. The van der Waals surface area contributed by atoms with Gasteiger partial charge in [-0.1, -0.05) is 25.5 Å². The molecule has 21 heavy (non-hydrogen) atoms. The van der Waals surface area contributed by atoms with Gasteiger partial charge in [0.2, 0.25) is 0 Å². The van der Waals surface area contributed by atoms with Gasteiger partial charge in [0.1, 0.15) is 11.8 Å². The molecule has 0 heterocycles. The van der Waals surface area contributed by atoms with Crippen molar-refractivity contribution in [2.24, 2.45) is 5.92 Å². The van der Waals surface area contributed by atoms with Crippen LogP contribution in [0.5, 0.6) is 5.75 Å². The zero-order chi connectivity index (χ0) is 15.7. The van der Waals surface area contributed by atoms with Crippen molar-refractivity contribution >= 4 is 11.9 Å². The van der Waals surface area contributed by atoms with E-state index in [1.807, 2.05) is 13.0 Å². The van der Waals surface area contributed by atoms with Crippen LogP contribution in [0.25, 0.3) is 0 Å². The van der Waals surface area contributed by atoms with Crippen LogP contribution in [0.4, 0.5) is 0 Å². The molecule has 0 aliphatic rings. The Balaban J connectivity index is 2.44. The van der Waals surface area contributed by atoms with E-state index < -0.39 is 17.8 Å². The molecule has 112 valence electrons. The second-order valence-electron chi connectivity index (χ2n) is 4.52. The lowest BCUT2D eigenvalue weighted by Crippen LogP contribution is -2.35. The van der Waals surface area contributed by atoms with Crippen molar-refractivity contribution in [3.05, 3.63) is 29.8 Å². The third kappa shape index (κ3) is 5.53. The first-order chi connectivity index (χ1) is 10.1. The lowest BCUT2D eigenvalue weighted by atomic mass is 10.0. The number of ether oxygens (including phenoxy) is 1. The fraction of sp³-hybridized carbons (Fsp3) is 0.400. The van der Waals surface area contributed by atoms with E-state index in [-0.39, 0.29) is 13.2 Å². The van der Waals surface area contributed by atoms with Crippen LogP contribution < -0.4 is 10.1 Å². The average Bonchev–Trinajstić information content (AvgIpc) is 2.49. The van der Waals surface area contributed by atoms with Gasteiger partial charge in [-0.3, -0.25) is 9.59 Å². The number of amides is 1. The molecular weight excluding hydrogens is 272 g/mol. The molecule has 1 amide bonds. The summed E-state index contributed by atoms with van der Waals surface area (Å²) in [6.45, 7) is 1.71. The van der Waals surface area contributed by atoms with E-state index >= 15 is 0 Å². The number of hydrogen-bond acceptors (Lipinski definition) is 4. The number of carbonyl (C=O) groups is 2. The maximum atomic E-state index is 11.6. The first kappa shape index (κ1) is 16.5. The number of carbonyl (C=O) groups excluding carboxylic acids is 1. The summed E-state index contributed by atoms with van der Waals surface area (Å²) >= 11 is 0. The number of rotatable bonds is 8. The average molecular weight is 290 g/mol. The molecule has 1 aromatic carbocycles. The van der Waals surface area contributed by atoms with Crippen LogP contribution in [-0.2, 0) is 9.59 Å². The van der Waals surface area contributed by atoms with E-state index in [2.05, 4.69) is 5.32 Å². The minimum Gasteiger partial charge on any atom is -0.482 e. The largest absolute Gasteiger partial charge is 0.482 e. The standard InChI is InChI=1S/C15H18N2O4/c1-2-5-12(15(19)20)9-17-14(18)10-21-13-7-4-3-6-11(13)8-16/h3-4,6-7,12H,2,5,9-10H2,1H3,(H,17,18)(H,19,20). The lowest BCUT2D eigenvalue weighted by Gasteiger charge is -2.13. The molecule has 0 saturated carbocycles. The van der Waals surface area contributed by atoms with Crippen molar-refractivity contribution in [2.45, 2.75) is 19.8 Å². The zero-order valence-corrected chi connectivity index (χ0v) is 11.8. The van der Waals surface area contributed by atoms with E-state index in [1.165, 1.54) is 0 Å². The van der Waals surface area contributed by atoms with Crippen molar-refractivity contribution < 1.29 is 19.4 Å². The molecule has 0 bridgehead atoms. The molecule has 0 radical (unpaired) electrons. The van der Waals surface area contributed by atoms with Crippen LogP contribution in [0.15, 0.2) is 24.3 Å². The molecule has 1 rings (SSSR count). The molecule has 2 N–H and O–H groups in total. The van der Waals surface area contributed by atoms with Gasteiger partial charge < -0.3 is 15.2 Å². The highest BCUT2D eigenvalue weighted by Crippen LogP contribution is 2.16. The topological polar surface area (TPSA) is 99.4 Å².